The number of nitrogens with zero attached hydrogens (tertiary/aromatic N) is 2. The number of aromatic nitrogens is 1. The molecule has 6 heteroatoms. The first-order valence-electron chi connectivity index (χ1n) is 6.51. The maximum Gasteiger partial charge on any atom is 0.347 e. The Kier molecular flexibility index (Phi) is 4.77. The molecule has 0 amide bonds. The van der Waals surface area contributed by atoms with Crippen molar-refractivity contribution in [3.63, 3.8) is 0 Å². The van der Waals surface area contributed by atoms with Crippen LogP contribution < -0.4 is 4.90 Å². The molecule has 0 radical (unpaired) electrons. The van der Waals surface area contributed by atoms with Crippen LogP contribution >= 0.6 is 22.7 Å². The number of carboxylic acid groups (broad SMARTS) is 1. The Bertz CT molecular complexity index is 578. The molecule has 1 N–H and O–H groups in total. The van der Waals surface area contributed by atoms with Crippen LogP contribution in [0.5, 0.6) is 0 Å². The quantitative estimate of drug-likeness (QED) is 0.887. The number of hydrogen-bond donors (Lipinski definition) is 1. The number of hydrogen-bond acceptors (Lipinski definition) is 5. The van der Waals surface area contributed by atoms with Gasteiger partial charge >= 0.3 is 5.97 Å². The molecule has 2 aromatic rings. The topological polar surface area (TPSA) is 53.4 Å². The molecule has 108 valence electrons. The average molecular weight is 310 g/mol. The Morgan fingerprint density at radius 3 is 2.80 bits per heavy atom. The molecule has 0 bridgehead atoms. The number of thiazole rings is 1. The number of anilines is 1. The third-order valence-electron chi connectivity index (χ3n) is 3.25. The molecule has 1 unspecified atom stereocenters. The maximum atomic E-state index is 11.2. The molecule has 2 rings (SSSR count). The number of rotatable bonds is 6. The molecule has 0 spiro atoms. The van der Waals surface area contributed by atoms with Crippen molar-refractivity contribution in [2.75, 3.05) is 11.9 Å². The number of carbonyl (C=O) groups is 1. The zero-order valence-corrected chi connectivity index (χ0v) is 13.4. The van der Waals surface area contributed by atoms with Crippen LogP contribution in [-0.2, 0) is 12.8 Å². The Morgan fingerprint density at radius 2 is 2.30 bits per heavy atom. The number of carboxylic acids is 1. The largest absolute Gasteiger partial charge is 0.477 e. The number of thiophene rings is 1. The molecule has 1 atom stereocenters. The Labute approximate surface area is 126 Å². The fourth-order valence-corrected chi connectivity index (χ4v) is 3.83. The van der Waals surface area contributed by atoms with E-state index in [1.54, 1.807) is 11.3 Å². The zero-order valence-electron chi connectivity index (χ0n) is 11.8. The highest BCUT2D eigenvalue weighted by molar-refractivity contribution is 7.17. The highest BCUT2D eigenvalue weighted by Gasteiger charge is 2.20. The van der Waals surface area contributed by atoms with Crippen molar-refractivity contribution in [3.05, 3.63) is 33.0 Å². The van der Waals surface area contributed by atoms with Gasteiger partial charge in [0.05, 0.1) is 5.69 Å². The van der Waals surface area contributed by atoms with Crippen molar-refractivity contribution in [3.8, 4) is 0 Å². The molecular weight excluding hydrogens is 292 g/mol. The minimum absolute atomic E-state index is 0.283. The molecule has 0 fully saturated rings. The maximum absolute atomic E-state index is 11.2. The molecule has 2 heterocycles. The SMILES string of the molecule is CCc1nc(N(C)C(C)Cc2cccs2)sc1C(=O)O. The predicted molar refractivity (Wildman–Crippen MR) is 84.3 cm³/mol. The summed E-state index contributed by atoms with van der Waals surface area (Å²) in [6.45, 7) is 4.06. The second-order valence-corrected chi connectivity index (χ2v) is 6.68. The summed E-state index contributed by atoms with van der Waals surface area (Å²) < 4.78 is 0. The van der Waals surface area contributed by atoms with Gasteiger partial charge in [0, 0.05) is 24.4 Å². The highest BCUT2D eigenvalue weighted by Crippen LogP contribution is 2.28. The van der Waals surface area contributed by atoms with E-state index in [1.807, 2.05) is 20.0 Å². The number of aryl methyl sites for hydroxylation is 1. The Hall–Kier alpha value is -1.40. The van der Waals surface area contributed by atoms with Crippen LogP contribution in [0.25, 0.3) is 0 Å². The second-order valence-electron chi connectivity index (χ2n) is 4.67. The molecule has 20 heavy (non-hydrogen) atoms. The minimum atomic E-state index is -0.884. The molecule has 0 aliphatic rings. The van der Waals surface area contributed by atoms with Crippen molar-refractivity contribution in [2.24, 2.45) is 0 Å². The van der Waals surface area contributed by atoms with E-state index in [4.69, 9.17) is 0 Å². The van der Waals surface area contributed by atoms with Gasteiger partial charge in [0.1, 0.15) is 4.88 Å². The Balaban J connectivity index is 2.15. The number of likely N-dealkylation sites (N-methyl/N-ethyl adjacent to an activating group) is 1. The van der Waals surface area contributed by atoms with Crippen molar-refractivity contribution in [1.29, 1.82) is 0 Å². The monoisotopic (exact) mass is 310 g/mol. The van der Waals surface area contributed by atoms with Crippen LogP contribution in [0.3, 0.4) is 0 Å². The van der Waals surface area contributed by atoms with Gasteiger partial charge in [0.2, 0.25) is 0 Å². The highest BCUT2D eigenvalue weighted by atomic mass is 32.1. The van der Waals surface area contributed by atoms with E-state index in [1.165, 1.54) is 16.2 Å². The molecule has 2 aromatic heterocycles. The van der Waals surface area contributed by atoms with Crippen molar-refractivity contribution >= 4 is 33.8 Å². The van der Waals surface area contributed by atoms with Crippen molar-refractivity contribution < 1.29 is 9.90 Å². The standard InChI is InChI=1S/C14H18N2O2S2/c1-4-11-12(13(17)18)20-14(15-11)16(3)9(2)8-10-6-5-7-19-10/h5-7,9H,4,8H2,1-3H3,(H,17,18). The first kappa shape index (κ1) is 15.0. The zero-order chi connectivity index (χ0) is 14.7. The van der Waals surface area contributed by atoms with Crippen LogP contribution in [0.2, 0.25) is 0 Å². The molecule has 0 aliphatic heterocycles. The molecule has 0 saturated carbocycles. The van der Waals surface area contributed by atoms with Gasteiger partial charge < -0.3 is 10.0 Å². The summed E-state index contributed by atoms with van der Waals surface area (Å²) in [5, 5.41) is 12.0. The summed E-state index contributed by atoms with van der Waals surface area (Å²) in [4.78, 5) is 19.4. The van der Waals surface area contributed by atoms with E-state index in [2.05, 4.69) is 28.3 Å². The van der Waals surface area contributed by atoms with Gasteiger partial charge in [-0.05, 0) is 24.8 Å². The molecule has 0 saturated heterocycles. The smallest absolute Gasteiger partial charge is 0.347 e. The summed E-state index contributed by atoms with van der Waals surface area (Å²) in [6, 6.07) is 4.45. The fourth-order valence-electron chi connectivity index (χ4n) is 1.94. The summed E-state index contributed by atoms with van der Waals surface area (Å²) in [5.74, 6) is -0.884. The van der Waals surface area contributed by atoms with Crippen LogP contribution in [0.4, 0.5) is 5.13 Å². The Morgan fingerprint density at radius 1 is 1.55 bits per heavy atom. The lowest BCUT2D eigenvalue weighted by atomic mass is 10.2. The van der Waals surface area contributed by atoms with Crippen LogP contribution in [0.15, 0.2) is 17.5 Å². The summed E-state index contributed by atoms with van der Waals surface area (Å²) in [6.07, 6.45) is 1.59. The number of aromatic carboxylic acids is 1. The van der Waals surface area contributed by atoms with Crippen molar-refractivity contribution in [2.45, 2.75) is 32.7 Å². The first-order valence-corrected chi connectivity index (χ1v) is 8.20. The van der Waals surface area contributed by atoms with Crippen LogP contribution in [-0.4, -0.2) is 29.1 Å². The lowest BCUT2D eigenvalue weighted by Crippen LogP contribution is -2.30. The minimum Gasteiger partial charge on any atom is -0.477 e. The lowest BCUT2D eigenvalue weighted by molar-refractivity contribution is 0.0701. The third-order valence-corrected chi connectivity index (χ3v) is 5.33. The third kappa shape index (κ3) is 3.19. The van der Waals surface area contributed by atoms with Gasteiger partial charge in [-0.25, -0.2) is 9.78 Å². The normalized spacial score (nSPS) is 12.3. The van der Waals surface area contributed by atoms with Gasteiger partial charge in [0.25, 0.3) is 0 Å². The average Bonchev–Trinajstić information content (AvgIpc) is 3.05. The van der Waals surface area contributed by atoms with Gasteiger partial charge in [-0.15, -0.1) is 11.3 Å². The second kappa shape index (κ2) is 6.37. The van der Waals surface area contributed by atoms with Crippen LogP contribution in [0.1, 0.15) is 34.1 Å². The van der Waals surface area contributed by atoms with Gasteiger partial charge in [-0.3, -0.25) is 0 Å². The lowest BCUT2D eigenvalue weighted by Gasteiger charge is -2.23. The van der Waals surface area contributed by atoms with Crippen LogP contribution in [0, 0.1) is 0 Å². The fraction of sp³-hybridized carbons (Fsp3) is 0.429. The van der Waals surface area contributed by atoms with Gasteiger partial charge in [0.15, 0.2) is 5.13 Å². The molecule has 4 nitrogen and oxygen atoms in total. The van der Waals surface area contributed by atoms with Crippen molar-refractivity contribution in [1.82, 2.24) is 4.98 Å². The van der Waals surface area contributed by atoms with E-state index in [0.29, 0.717) is 17.0 Å². The summed E-state index contributed by atoms with van der Waals surface area (Å²) >= 11 is 3.00. The van der Waals surface area contributed by atoms with Gasteiger partial charge in [-0.2, -0.15) is 0 Å². The summed E-state index contributed by atoms with van der Waals surface area (Å²) in [5.41, 5.74) is 0.674. The first-order chi connectivity index (χ1) is 9.52. The van der Waals surface area contributed by atoms with E-state index < -0.39 is 5.97 Å². The summed E-state index contributed by atoms with van der Waals surface area (Å²) in [7, 11) is 1.97. The molecule has 0 aromatic carbocycles. The van der Waals surface area contributed by atoms with E-state index in [-0.39, 0.29) is 6.04 Å². The van der Waals surface area contributed by atoms with E-state index in [9.17, 15) is 9.90 Å². The molecule has 0 aliphatic carbocycles. The molecular formula is C14H18N2O2S2. The van der Waals surface area contributed by atoms with E-state index in [0.717, 1.165) is 11.6 Å². The van der Waals surface area contributed by atoms with E-state index >= 15 is 0 Å². The van der Waals surface area contributed by atoms with Gasteiger partial charge in [-0.1, -0.05) is 24.3 Å². The predicted octanol–water partition coefficient (Wildman–Crippen LogP) is 3.53.